The van der Waals surface area contributed by atoms with Gasteiger partial charge in [-0.1, -0.05) is 0 Å². The molecule has 5 heteroatoms. The summed E-state index contributed by atoms with van der Waals surface area (Å²) in [5.74, 6) is 1.42. The van der Waals surface area contributed by atoms with Crippen molar-refractivity contribution in [2.45, 2.75) is 0 Å². The van der Waals surface area contributed by atoms with Crippen molar-refractivity contribution in [3.63, 3.8) is 0 Å². The Balaban J connectivity index is 0.000000500. The number of anilines is 1. The molecule has 0 radical (unpaired) electrons. The molecule has 0 atom stereocenters. The smallest absolute Gasteiger partial charge is 0.204 e. The van der Waals surface area contributed by atoms with Crippen LogP contribution in [0.4, 0.5) is 5.69 Å². The van der Waals surface area contributed by atoms with E-state index in [1.165, 1.54) is 0 Å². The van der Waals surface area contributed by atoms with Crippen LogP contribution in [0.5, 0.6) is 11.5 Å². The Labute approximate surface area is 82.6 Å². The lowest BCUT2D eigenvalue weighted by molar-refractivity contribution is -0.106. The lowest BCUT2D eigenvalue weighted by atomic mass is 10.3. The van der Waals surface area contributed by atoms with Gasteiger partial charge in [0.05, 0.1) is 14.2 Å². The van der Waals surface area contributed by atoms with E-state index in [0.29, 0.717) is 17.2 Å². The number of carbonyl (C=O) groups excluding carboxylic acids is 1. The molecule has 78 valence electrons. The van der Waals surface area contributed by atoms with Gasteiger partial charge in [-0.25, -0.2) is 0 Å². The van der Waals surface area contributed by atoms with Crippen LogP contribution in [-0.2, 0) is 4.79 Å². The molecule has 0 aliphatic carbocycles. The fourth-order valence-electron chi connectivity index (χ4n) is 0.829. The van der Waals surface area contributed by atoms with Crippen molar-refractivity contribution in [2.24, 2.45) is 5.73 Å². The molecular formula is C9H14N2O3. The molecule has 1 amide bonds. The Hall–Kier alpha value is -1.91. The van der Waals surface area contributed by atoms with Crippen LogP contribution in [0.3, 0.4) is 0 Å². The lowest BCUT2D eigenvalue weighted by Gasteiger charge is -2.04. The summed E-state index contributed by atoms with van der Waals surface area (Å²) in [7, 11) is 3.18. The average molecular weight is 198 g/mol. The molecule has 14 heavy (non-hydrogen) atoms. The van der Waals surface area contributed by atoms with Gasteiger partial charge in [0.2, 0.25) is 6.41 Å². The Morgan fingerprint density at radius 1 is 1.14 bits per heavy atom. The molecule has 4 N–H and O–H groups in total. The minimum absolute atomic E-state index is 0.250. The third kappa shape index (κ3) is 4.20. The van der Waals surface area contributed by atoms with E-state index in [4.69, 9.17) is 20.0 Å². The first-order chi connectivity index (χ1) is 6.67. The summed E-state index contributed by atoms with van der Waals surface area (Å²) in [6.07, 6.45) is 0.250. The maximum absolute atomic E-state index is 8.58. The van der Waals surface area contributed by atoms with Gasteiger partial charge in [0.15, 0.2) is 0 Å². The summed E-state index contributed by atoms with van der Waals surface area (Å²) in [4.78, 5) is 8.58. The largest absolute Gasteiger partial charge is 0.497 e. The maximum atomic E-state index is 8.58. The second-order valence-corrected chi connectivity index (χ2v) is 2.28. The minimum Gasteiger partial charge on any atom is -0.497 e. The molecule has 0 bridgehead atoms. The zero-order valence-electron chi connectivity index (χ0n) is 8.19. The van der Waals surface area contributed by atoms with E-state index >= 15 is 0 Å². The summed E-state index contributed by atoms with van der Waals surface area (Å²) in [6, 6.07) is 5.25. The SMILES string of the molecule is COc1cc(N)cc(OC)c1.NC=O. The molecule has 1 rings (SSSR count). The van der Waals surface area contributed by atoms with Gasteiger partial charge in [0.25, 0.3) is 0 Å². The van der Waals surface area contributed by atoms with Crippen molar-refractivity contribution in [3.05, 3.63) is 18.2 Å². The highest BCUT2D eigenvalue weighted by atomic mass is 16.5. The summed E-state index contributed by atoms with van der Waals surface area (Å²) < 4.78 is 9.96. The van der Waals surface area contributed by atoms with E-state index in [2.05, 4.69) is 5.73 Å². The number of primary amides is 1. The molecule has 0 fully saturated rings. The molecule has 0 unspecified atom stereocenters. The molecular weight excluding hydrogens is 184 g/mol. The number of methoxy groups -OCH3 is 2. The van der Waals surface area contributed by atoms with Crippen molar-refractivity contribution >= 4 is 12.1 Å². The van der Waals surface area contributed by atoms with Crippen LogP contribution in [0, 0.1) is 0 Å². The third-order valence-corrected chi connectivity index (χ3v) is 1.37. The lowest BCUT2D eigenvalue weighted by Crippen LogP contribution is -1.90. The van der Waals surface area contributed by atoms with Gasteiger partial charge in [-0.3, -0.25) is 4.79 Å². The molecule has 0 saturated carbocycles. The number of nitrogens with two attached hydrogens (primary N) is 2. The van der Waals surface area contributed by atoms with Crippen LogP contribution in [0.25, 0.3) is 0 Å². The number of carbonyl (C=O) groups is 1. The molecule has 1 aromatic carbocycles. The zero-order chi connectivity index (χ0) is 11.0. The number of amides is 1. The molecule has 5 nitrogen and oxygen atoms in total. The predicted octanol–water partition coefficient (Wildman–Crippen LogP) is 0.387. The van der Waals surface area contributed by atoms with Crippen molar-refractivity contribution < 1.29 is 14.3 Å². The van der Waals surface area contributed by atoms with Crippen molar-refractivity contribution in [1.29, 1.82) is 0 Å². The predicted molar refractivity (Wildman–Crippen MR) is 54.2 cm³/mol. The van der Waals surface area contributed by atoms with Gasteiger partial charge >= 0.3 is 0 Å². The van der Waals surface area contributed by atoms with Crippen LogP contribution >= 0.6 is 0 Å². The number of ether oxygens (including phenoxy) is 2. The highest BCUT2D eigenvalue weighted by Crippen LogP contribution is 2.23. The van der Waals surface area contributed by atoms with Gasteiger partial charge in [-0.2, -0.15) is 0 Å². The molecule has 0 aliphatic heterocycles. The van der Waals surface area contributed by atoms with E-state index in [1.54, 1.807) is 32.4 Å². The summed E-state index contributed by atoms with van der Waals surface area (Å²) in [5.41, 5.74) is 10.4. The Morgan fingerprint density at radius 2 is 1.50 bits per heavy atom. The number of benzene rings is 1. The average Bonchev–Trinajstić information content (AvgIpc) is 2.18. The van der Waals surface area contributed by atoms with Crippen molar-refractivity contribution in [1.82, 2.24) is 0 Å². The summed E-state index contributed by atoms with van der Waals surface area (Å²) in [5, 5.41) is 0. The second-order valence-electron chi connectivity index (χ2n) is 2.28. The maximum Gasteiger partial charge on any atom is 0.204 e. The van der Waals surface area contributed by atoms with Gasteiger partial charge in [0.1, 0.15) is 11.5 Å². The normalized spacial score (nSPS) is 8.14. The Bertz CT molecular complexity index is 267. The summed E-state index contributed by atoms with van der Waals surface area (Å²) >= 11 is 0. The first-order valence-corrected chi connectivity index (χ1v) is 3.81. The quantitative estimate of drug-likeness (QED) is 0.531. The summed E-state index contributed by atoms with van der Waals surface area (Å²) in [6.45, 7) is 0. The van der Waals surface area contributed by atoms with E-state index in [1.807, 2.05) is 0 Å². The van der Waals surface area contributed by atoms with E-state index in [-0.39, 0.29) is 6.41 Å². The minimum atomic E-state index is 0.250. The fourth-order valence-corrected chi connectivity index (χ4v) is 0.829. The fraction of sp³-hybridized carbons (Fsp3) is 0.222. The van der Waals surface area contributed by atoms with Gasteiger partial charge in [-0.15, -0.1) is 0 Å². The van der Waals surface area contributed by atoms with Gasteiger partial charge in [-0.05, 0) is 0 Å². The molecule has 0 aliphatic rings. The second kappa shape index (κ2) is 6.59. The molecule has 0 aromatic heterocycles. The topological polar surface area (TPSA) is 87.6 Å². The standard InChI is InChI=1S/C8H11NO2.CH3NO/c1-10-7-3-6(9)4-8(5-7)11-2;2-1-3/h3-5H,9H2,1-2H3;1H,(H2,2,3). The van der Waals surface area contributed by atoms with E-state index < -0.39 is 0 Å². The number of rotatable bonds is 2. The molecule has 0 saturated heterocycles. The Morgan fingerprint density at radius 3 is 1.79 bits per heavy atom. The first-order valence-electron chi connectivity index (χ1n) is 3.81. The highest BCUT2D eigenvalue weighted by Gasteiger charge is 1.97. The zero-order valence-corrected chi connectivity index (χ0v) is 8.19. The Kier molecular flexibility index (Phi) is 5.69. The van der Waals surface area contributed by atoms with E-state index in [0.717, 1.165) is 0 Å². The number of hydrogen-bond acceptors (Lipinski definition) is 4. The van der Waals surface area contributed by atoms with E-state index in [9.17, 15) is 0 Å². The van der Waals surface area contributed by atoms with Crippen LogP contribution in [0.15, 0.2) is 18.2 Å². The van der Waals surface area contributed by atoms with Crippen LogP contribution in [-0.4, -0.2) is 20.6 Å². The van der Waals surface area contributed by atoms with Crippen LogP contribution in [0.2, 0.25) is 0 Å². The number of hydrogen-bond donors (Lipinski definition) is 2. The van der Waals surface area contributed by atoms with Crippen LogP contribution in [0.1, 0.15) is 0 Å². The monoisotopic (exact) mass is 198 g/mol. The van der Waals surface area contributed by atoms with Crippen LogP contribution < -0.4 is 20.9 Å². The molecule has 0 heterocycles. The van der Waals surface area contributed by atoms with Gasteiger partial charge < -0.3 is 20.9 Å². The van der Waals surface area contributed by atoms with Gasteiger partial charge in [0, 0.05) is 23.9 Å². The highest BCUT2D eigenvalue weighted by molar-refractivity contribution is 5.50. The number of nitrogen functional groups attached to an aromatic ring is 1. The van der Waals surface area contributed by atoms with Crippen molar-refractivity contribution in [3.8, 4) is 11.5 Å². The first kappa shape index (κ1) is 12.1. The third-order valence-electron chi connectivity index (χ3n) is 1.37. The molecule has 0 spiro atoms. The van der Waals surface area contributed by atoms with Crippen molar-refractivity contribution in [2.75, 3.05) is 20.0 Å². The molecule has 1 aromatic rings.